The number of hydrogen-bond acceptors (Lipinski definition) is 2. The summed E-state index contributed by atoms with van der Waals surface area (Å²) in [6.45, 7) is 2.12. The minimum absolute atomic E-state index is 0.547. The zero-order valence-corrected chi connectivity index (χ0v) is 13.6. The van der Waals surface area contributed by atoms with Crippen molar-refractivity contribution in [1.29, 1.82) is 0 Å². The quantitative estimate of drug-likeness (QED) is 0.791. The number of halogens is 1. The molecular weight excluding hydrogens is 324 g/mol. The van der Waals surface area contributed by atoms with E-state index in [9.17, 15) is 0 Å². The van der Waals surface area contributed by atoms with E-state index >= 15 is 0 Å². The Bertz CT molecular complexity index is 696. The van der Waals surface area contributed by atoms with Crippen LogP contribution in [0.25, 0.3) is 0 Å². The summed E-state index contributed by atoms with van der Waals surface area (Å²) in [5.74, 6) is 0. The Labute approximate surface area is 134 Å². The van der Waals surface area contributed by atoms with Crippen molar-refractivity contribution >= 4 is 21.6 Å². The first kappa shape index (κ1) is 13.4. The molecule has 1 aliphatic heterocycles. The third-order valence-corrected chi connectivity index (χ3v) is 5.70. The smallest absolute Gasteiger partial charge is 0.0362 e. The van der Waals surface area contributed by atoms with Gasteiger partial charge in [0.2, 0.25) is 0 Å². The fourth-order valence-corrected chi connectivity index (χ4v) is 4.44. The molecule has 1 aliphatic carbocycles. The fourth-order valence-electron chi connectivity index (χ4n) is 3.86. The summed E-state index contributed by atoms with van der Waals surface area (Å²) in [4.78, 5) is 2.61. The van der Waals surface area contributed by atoms with Crippen LogP contribution in [0.2, 0.25) is 0 Å². The van der Waals surface area contributed by atoms with Crippen LogP contribution in [0.15, 0.2) is 40.9 Å². The van der Waals surface area contributed by atoms with E-state index in [0.717, 1.165) is 25.2 Å². The van der Waals surface area contributed by atoms with Gasteiger partial charge >= 0.3 is 0 Å². The summed E-state index contributed by atoms with van der Waals surface area (Å²) >= 11 is 3.70. The van der Waals surface area contributed by atoms with Crippen LogP contribution in [-0.2, 0) is 19.4 Å². The van der Waals surface area contributed by atoms with Gasteiger partial charge in [0.1, 0.15) is 0 Å². The molecule has 0 saturated carbocycles. The maximum atomic E-state index is 6.19. The van der Waals surface area contributed by atoms with Crippen LogP contribution in [0.1, 0.15) is 34.7 Å². The van der Waals surface area contributed by atoms with Crippen molar-refractivity contribution < 1.29 is 0 Å². The molecule has 2 N–H and O–H groups in total. The number of benzene rings is 2. The van der Waals surface area contributed by atoms with Crippen molar-refractivity contribution in [2.24, 2.45) is 0 Å². The fraction of sp³-hybridized carbons (Fsp3) is 0.333. The number of nitrogen functional groups attached to an aromatic ring is 1. The molecule has 0 aromatic heterocycles. The predicted molar refractivity (Wildman–Crippen MR) is 90.2 cm³/mol. The second kappa shape index (κ2) is 5.15. The SMILES string of the molecule is Nc1cccc2c1CN(C1CCc3c(Br)cccc31)CC2. The first-order valence-electron chi connectivity index (χ1n) is 7.61. The molecule has 2 aromatic carbocycles. The lowest BCUT2D eigenvalue weighted by Gasteiger charge is -2.34. The van der Waals surface area contributed by atoms with E-state index < -0.39 is 0 Å². The Balaban J connectivity index is 1.66. The highest BCUT2D eigenvalue weighted by Gasteiger charge is 2.31. The maximum absolute atomic E-state index is 6.19. The molecule has 1 atom stereocenters. The highest BCUT2D eigenvalue weighted by molar-refractivity contribution is 9.10. The van der Waals surface area contributed by atoms with E-state index in [4.69, 9.17) is 5.73 Å². The molecular formula is C18H19BrN2. The molecule has 108 valence electrons. The van der Waals surface area contributed by atoms with Crippen LogP contribution < -0.4 is 5.73 Å². The molecule has 0 spiro atoms. The molecule has 3 heteroatoms. The summed E-state index contributed by atoms with van der Waals surface area (Å²) in [5, 5.41) is 0. The highest BCUT2D eigenvalue weighted by Crippen LogP contribution is 2.41. The third-order valence-electron chi connectivity index (χ3n) is 4.96. The van der Waals surface area contributed by atoms with Crippen molar-refractivity contribution in [2.45, 2.75) is 31.8 Å². The molecule has 0 fully saturated rings. The number of nitrogens with two attached hydrogens (primary N) is 1. The summed E-state index contributed by atoms with van der Waals surface area (Å²) < 4.78 is 1.26. The van der Waals surface area contributed by atoms with Crippen molar-refractivity contribution in [3.63, 3.8) is 0 Å². The van der Waals surface area contributed by atoms with E-state index in [-0.39, 0.29) is 0 Å². The van der Waals surface area contributed by atoms with E-state index in [0.29, 0.717) is 6.04 Å². The Morgan fingerprint density at radius 2 is 1.90 bits per heavy atom. The van der Waals surface area contributed by atoms with Gasteiger partial charge in [0, 0.05) is 29.3 Å². The van der Waals surface area contributed by atoms with Gasteiger partial charge in [-0.3, -0.25) is 4.90 Å². The van der Waals surface area contributed by atoms with Crippen LogP contribution in [-0.4, -0.2) is 11.4 Å². The molecule has 2 aliphatic rings. The predicted octanol–water partition coefficient (Wildman–Crippen LogP) is 4.08. The molecule has 1 heterocycles. The number of rotatable bonds is 1. The zero-order valence-electron chi connectivity index (χ0n) is 12.0. The molecule has 1 unspecified atom stereocenters. The van der Waals surface area contributed by atoms with Crippen LogP contribution in [0, 0.1) is 0 Å². The second-order valence-corrected chi connectivity index (χ2v) is 6.92. The van der Waals surface area contributed by atoms with Crippen LogP contribution in [0.3, 0.4) is 0 Å². The largest absolute Gasteiger partial charge is 0.398 e. The minimum atomic E-state index is 0.547. The molecule has 0 radical (unpaired) electrons. The van der Waals surface area contributed by atoms with Gasteiger partial charge in [0.25, 0.3) is 0 Å². The van der Waals surface area contributed by atoms with Gasteiger partial charge < -0.3 is 5.73 Å². The van der Waals surface area contributed by atoms with Gasteiger partial charge in [0.15, 0.2) is 0 Å². The summed E-state index contributed by atoms with van der Waals surface area (Å²) in [6, 6.07) is 13.5. The van der Waals surface area contributed by atoms with Crippen molar-refractivity contribution in [2.75, 3.05) is 12.3 Å². The zero-order chi connectivity index (χ0) is 14.4. The van der Waals surface area contributed by atoms with Gasteiger partial charge in [-0.2, -0.15) is 0 Å². The standard InChI is InChI=1S/C18H19BrN2/c19-16-5-2-4-14-13(16)7-8-18(14)21-10-9-12-3-1-6-17(20)15(12)11-21/h1-6,18H,7-11,20H2. The highest BCUT2D eigenvalue weighted by atomic mass is 79.9. The van der Waals surface area contributed by atoms with Gasteiger partial charge in [-0.25, -0.2) is 0 Å². The molecule has 4 rings (SSSR count). The Kier molecular flexibility index (Phi) is 3.27. The Morgan fingerprint density at radius 3 is 2.81 bits per heavy atom. The maximum Gasteiger partial charge on any atom is 0.0362 e. The van der Waals surface area contributed by atoms with Crippen LogP contribution in [0.5, 0.6) is 0 Å². The normalized spacial score (nSPS) is 21.1. The summed E-state index contributed by atoms with van der Waals surface area (Å²) in [5.41, 5.74) is 12.9. The van der Waals surface area contributed by atoms with E-state index in [1.807, 2.05) is 6.07 Å². The lowest BCUT2D eigenvalue weighted by atomic mass is 9.95. The monoisotopic (exact) mass is 342 g/mol. The third kappa shape index (κ3) is 2.19. The number of nitrogens with zero attached hydrogens (tertiary/aromatic N) is 1. The topological polar surface area (TPSA) is 29.3 Å². The molecule has 0 saturated heterocycles. The lowest BCUT2D eigenvalue weighted by Crippen LogP contribution is -2.33. The van der Waals surface area contributed by atoms with E-state index in [2.05, 4.69) is 51.2 Å². The Morgan fingerprint density at radius 1 is 1.05 bits per heavy atom. The summed E-state index contributed by atoms with van der Waals surface area (Å²) in [6.07, 6.45) is 3.51. The van der Waals surface area contributed by atoms with Crippen LogP contribution >= 0.6 is 15.9 Å². The average Bonchev–Trinajstić information content (AvgIpc) is 2.93. The second-order valence-electron chi connectivity index (χ2n) is 6.07. The van der Waals surface area contributed by atoms with Crippen molar-refractivity contribution in [3.8, 4) is 0 Å². The number of hydrogen-bond donors (Lipinski definition) is 1. The van der Waals surface area contributed by atoms with Gasteiger partial charge in [-0.05, 0) is 53.6 Å². The molecule has 0 amide bonds. The van der Waals surface area contributed by atoms with Gasteiger partial charge in [-0.1, -0.05) is 40.2 Å². The number of fused-ring (bicyclic) bond motifs is 2. The minimum Gasteiger partial charge on any atom is -0.398 e. The van der Waals surface area contributed by atoms with E-state index in [1.54, 1.807) is 0 Å². The summed E-state index contributed by atoms with van der Waals surface area (Å²) in [7, 11) is 0. The molecule has 0 bridgehead atoms. The van der Waals surface area contributed by atoms with Gasteiger partial charge in [0.05, 0.1) is 0 Å². The van der Waals surface area contributed by atoms with Gasteiger partial charge in [-0.15, -0.1) is 0 Å². The first-order chi connectivity index (χ1) is 10.2. The first-order valence-corrected chi connectivity index (χ1v) is 8.41. The molecule has 2 aromatic rings. The lowest BCUT2D eigenvalue weighted by molar-refractivity contribution is 0.179. The average molecular weight is 343 g/mol. The van der Waals surface area contributed by atoms with Crippen molar-refractivity contribution in [1.82, 2.24) is 4.90 Å². The number of anilines is 1. The van der Waals surface area contributed by atoms with Crippen LogP contribution in [0.4, 0.5) is 5.69 Å². The Hall–Kier alpha value is -1.32. The van der Waals surface area contributed by atoms with E-state index in [1.165, 1.54) is 39.6 Å². The van der Waals surface area contributed by atoms with Crippen molar-refractivity contribution in [3.05, 3.63) is 63.1 Å². The molecule has 21 heavy (non-hydrogen) atoms. The molecule has 2 nitrogen and oxygen atoms in total.